The van der Waals surface area contributed by atoms with Crippen molar-refractivity contribution in [3.63, 3.8) is 0 Å². The second-order valence-electron chi connectivity index (χ2n) is 9.58. The number of carbonyl (C=O) groups is 1. The minimum absolute atomic E-state index is 0.0115. The Morgan fingerprint density at radius 3 is 2.90 bits per heavy atom. The van der Waals surface area contributed by atoms with E-state index in [1.165, 1.54) is 0 Å². The van der Waals surface area contributed by atoms with Gasteiger partial charge in [0.15, 0.2) is 5.76 Å². The molecule has 0 aromatic carbocycles. The molecule has 5 saturated heterocycles. The van der Waals surface area contributed by atoms with Crippen LogP contribution in [0.1, 0.15) is 46.5 Å². The Morgan fingerprint density at radius 1 is 1.38 bits per heavy atom. The van der Waals surface area contributed by atoms with Gasteiger partial charge in [0, 0.05) is 18.5 Å². The summed E-state index contributed by atoms with van der Waals surface area (Å²) in [6.07, 6.45) is 3.88. The van der Waals surface area contributed by atoms with Gasteiger partial charge in [0.05, 0.1) is 42.3 Å². The molecule has 1 spiro atoms. The molecule has 158 valence electrons. The maximum absolute atomic E-state index is 12.2. The Labute approximate surface area is 170 Å². The van der Waals surface area contributed by atoms with E-state index in [1.54, 1.807) is 14.0 Å². The number of β-amino-alcohol motifs (C(OH)–C–C–N with tert-alkyl or cyclic N) is 1. The molecule has 1 unspecified atom stereocenters. The van der Waals surface area contributed by atoms with Crippen LogP contribution in [0.15, 0.2) is 22.9 Å². The van der Waals surface area contributed by atoms with Crippen molar-refractivity contribution < 1.29 is 28.8 Å². The number of allylic oxidation sites excluding steroid dienone is 1. The van der Waals surface area contributed by atoms with Crippen molar-refractivity contribution in [1.82, 2.24) is 4.90 Å². The van der Waals surface area contributed by atoms with E-state index in [9.17, 15) is 9.90 Å². The summed E-state index contributed by atoms with van der Waals surface area (Å²) in [6.45, 7) is 6.74. The molecule has 29 heavy (non-hydrogen) atoms. The van der Waals surface area contributed by atoms with Crippen molar-refractivity contribution in [1.29, 1.82) is 0 Å². The molecule has 0 aromatic heterocycles. The predicted octanol–water partition coefficient (Wildman–Crippen LogP) is 2.06. The second kappa shape index (κ2) is 5.56. The number of unbranched alkanes of at least 4 members (excludes halogenated alkanes) is 1. The number of esters is 1. The van der Waals surface area contributed by atoms with Crippen LogP contribution in [-0.4, -0.2) is 59.2 Å². The Morgan fingerprint density at radius 2 is 2.17 bits per heavy atom. The van der Waals surface area contributed by atoms with E-state index in [1.807, 2.05) is 0 Å². The van der Waals surface area contributed by atoms with E-state index in [4.69, 9.17) is 18.9 Å². The molecule has 6 heterocycles. The highest BCUT2D eigenvalue weighted by molar-refractivity contribution is 5.93. The van der Waals surface area contributed by atoms with Crippen LogP contribution < -0.4 is 0 Å². The molecule has 6 aliphatic rings. The predicted molar refractivity (Wildman–Crippen MR) is 101 cm³/mol. The highest BCUT2D eigenvalue weighted by atomic mass is 16.7. The standard InChI is InChI=1S/C22H29NO6/c1-5-6-7-21-14-8-12-15-10(2)17(18-16(26-4)11(3)20(25)27-18)29-22(15,28-14)19(21)13(24)9-23(12)21/h10,12-15,19,24H,5-9H2,1-4H3/b18-17+/t10-,12-,13-,14-,15+,19+,21+,22-/m1/s1. The lowest BCUT2D eigenvalue weighted by Gasteiger charge is -2.48. The molecule has 7 nitrogen and oxygen atoms in total. The number of rotatable bonds is 4. The monoisotopic (exact) mass is 403 g/mol. The number of piperidine rings is 1. The van der Waals surface area contributed by atoms with Gasteiger partial charge in [-0.25, -0.2) is 4.79 Å². The van der Waals surface area contributed by atoms with Crippen molar-refractivity contribution in [2.24, 2.45) is 17.8 Å². The fraction of sp³-hybridized carbons (Fsp3) is 0.773. The van der Waals surface area contributed by atoms with Crippen LogP contribution in [0.2, 0.25) is 0 Å². The normalized spacial score (nSPS) is 53.7. The summed E-state index contributed by atoms with van der Waals surface area (Å²) in [5.74, 6) is 0.275. The van der Waals surface area contributed by atoms with Crippen LogP contribution in [-0.2, 0) is 23.7 Å². The Balaban J connectivity index is 1.48. The molecule has 0 aliphatic carbocycles. The van der Waals surface area contributed by atoms with Gasteiger partial charge in [-0.1, -0.05) is 26.7 Å². The molecule has 7 heteroatoms. The Hall–Kier alpha value is -1.57. The largest absolute Gasteiger partial charge is 0.492 e. The zero-order valence-corrected chi connectivity index (χ0v) is 17.4. The van der Waals surface area contributed by atoms with Crippen molar-refractivity contribution >= 4 is 5.97 Å². The lowest BCUT2D eigenvalue weighted by atomic mass is 9.69. The lowest BCUT2D eigenvalue weighted by molar-refractivity contribution is -0.263. The van der Waals surface area contributed by atoms with Crippen LogP contribution in [0.5, 0.6) is 0 Å². The first-order valence-electron chi connectivity index (χ1n) is 10.9. The molecule has 6 aliphatic heterocycles. The van der Waals surface area contributed by atoms with E-state index in [-0.39, 0.29) is 29.4 Å². The molecule has 0 radical (unpaired) electrons. The van der Waals surface area contributed by atoms with Gasteiger partial charge in [-0.3, -0.25) is 4.90 Å². The van der Waals surface area contributed by atoms with E-state index in [0.29, 0.717) is 35.4 Å². The smallest absolute Gasteiger partial charge is 0.343 e. The van der Waals surface area contributed by atoms with Crippen LogP contribution in [0.25, 0.3) is 0 Å². The first kappa shape index (κ1) is 18.2. The van der Waals surface area contributed by atoms with E-state index < -0.39 is 17.9 Å². The third-order valence-electron chi connectivity index (χ3n) is 8.52. The molecule has 6 rings (SSSR count). The number of hydrogen-bond donors (Lipinski definition) is 1. The molecular formula is C22H29NO6. The number of fused-ring (bicyclic) bond motifs is 1. The fourth-order valence-electron chi connectivity index (χ4n) is 7.65. The highest BCUT2D eigenvalue weighted by Gasteiger charge is 2.86. The average molecular weight is 403 g/mol. The number of methoxy groups -OCH3 is 1. The zero-order valence-electron chi connectivity index (χ0n) is 17.4. The molecule has 5 bridgehead atoms. The van der Waals surface area contributed by atoms with Gasteiger partial charge >= 0.3 is 5.97 Å². The maximum atomic E-state index is 12.2. The van der Waals surface area contributed by atoms with Crippen LogP contribution >= 0.6 is 0 Å². The van der Waals surface area contributed by atoms with Crippen LogP contribution in [0.4, 0.5) is 0 Å². The molecule has 0 saturated carbocycles. The molecule has 1 N–H and O–H groups in total. The lowest BCUT2D eigenvalue weighted by Crippen LogP contribution is -2.62. The van der Waals surface area contributed by atoms with E-state index >= 15 is 0 Å². The summed E-state index contributed by atoms with van der Waals surface area (Å²) in [5.41, 5.74) is 0.330. The van der Waals surface area contributed by atoms with Crippen molar-refractivity contribution in [2.45, 2.75) is 76.0 Å². The van der Waals surface area contributed by atoms with Crippen LogP contribution in [0.3, 0.4) is 0 Å². The van der Waals surface area contributed by atoms with Gasteiger partial charge in [-0.05, 0) is 19.8 Å². The van der Waals surface area contributed by atoms with Gasteiger partial charge in [-0.2, -0.15) is 0 Å². The SMILES string of the molecule is CCCC[C@]12[C@@H]3[C@H](O)CN1[C@@H]1C[C@H]2O[C@]32O/C(=C3/OC(=O)C(C)=C3OC)[C@H](C)[C@@H]12. The van der Waals surface area contributed by atoms with Gasteiger partial charge in [0.1, 0.15) is 5.76 Å². The summed E-state index contributed by atoms with van der Waals surface area (Å²) in [6, 6.07) is 0.320. The van der Waals surface area contributed by atoms with Crippen molar-refractivity contribution in [3.8, 4) is 0 Å². The first-order valence-corrected chi connectivity index (χ1v) is 10.9. The minimum Gasteiger partial charge on any atom is -0.492 e. The highest BCUT2D eigenvalue weighted by Crippen LogP contribution is 2.73. The molecule has 0 aromatic rings. The third kappa shape index (κ3) is 1.81. The van der Waals surface area contributed by atoms with Gasteiger partial charge in [-0.15, -0.1) is 0 Å². The number of ether oxygens (including phenoxy) is 4. The summed E-state index contributed by atoms with van der Waals surface area (Å²) in [5, 5.41) is 11.1. The van der Waals surface area contributed by atoms with Gasteiger partial charge < -0.3 is 24.1 Å². The minimum atomic E-state index is -0.836. The zero-order chi connectivity index (χ0) is 20.3. The Kier molecular flexibility index (Phi) is 3.49. The topological polar surface area (TPSA) is 77.5 Å². The number of hydrogen-bond acceptors (Lipinski definition) is 7. The molecule has 5 fully saturated rings. The summed E-state index contributed by atoms with van der Waals surface area (Å²) < 4.78 is 24.4. The summed E-state index contributed by atoms with van der Waals surface area (Å²) in [4.78, 5) is 14.7. The maximum Gasteiger partial charge on any atom is 0.343 e. The molecular weight excluding hydrogens is 374 g/mol. The van der Waals surface area contributed by atoms with Gasteiger partial charge in [0.25, 0.3) is 0 Å². The third-order valence-corrected chi connectivity index (χ3v) is 8.52. The van der Waals surface area contributed by atoms with Crippen LogP contribution in [0, 0.1) is 17.8 Å². The number of aliphatic hydroxyl groups is 1. The molecule has 0 amide bonds. The summed E-state index contributed by atoms with van der Waals surface area (Å²) >= 11 is 0. The van der Waals surface area contributed by atoms with Crippen molar-refractivity contribution in [2.75, 3.05) is 13.7 Å². The second-order valence-corrected chi connectivity index (χ2v) is 9.58. The number of nitrogens with zero attached hydrogens (tertiary/aromatic N) is 1. The number of aliphatic hydroxyl groups excluding tert-OH is 1. The van der Waals surface area contributed by atoms with Gasteiger partial charge in [0.2, 0.25) is 11.5 Å². The average Bonchev–Trinajstić information content (AvgIpc) is 3.37. The molecule has 9 atom stereocenters. The first-order chi connectivity index (χ1) is 13.9. The van der Waals surface area contributed by atoms with E-state index in [2.05, 4.69) is 18.7 Å². The van der Waals surface area contributed by atoms with Crippen molar-refractivity contribution in [3.05, 3.63) is 22.9 Å². The fourth-order valence-corrected chi connectivity index (χ4v) is 7.65. The Bertz CT molecular complexity index is 865. The summed E-state index contributed by atoms with van der Waals surface area (Å²) in [7, 11) is 1.54. The number of cyclic esters (lactones) is 1. The number of carbonyl (C=O) groups excluding carboxylic acids is 1. The quantitative estimate of drug-likeness (QED) is 0.720. The van der Waals surface area contributed by atoms with E-state index in [0.717, 1.165) is 25.7 Å².